The summed E-state index contributed by atoms with van der Waals surface area (Å²) in [6, 6.07) is 23.4. The van der Waals surface area contributed by atoms with Crippen molar-refractivity contribution in [2.75, 3.05) is 5.32 Å². The molecule has 0 radical (unpaired) electrons. The lowest BCUT2D eigenvalue weighted by molar-refractivity contribution is -0.136. The summed E-state index contributed by atoms with van der Waals surface area (Å²) in [5.41, 5.74) is 3.53. The minimum absolute atomic E-state index is 0.275. The summed E-state index contributed by atoms with van der Waals surface area (Å²) in [7, 11) is 0. The molecule has 1 atom stereocenters. The van der Waals surface area contributed by atoms with Gasteiger partial charge >= 0.3 is 11.8 Å². The van der Waals surface area contributed by atoms with Crippen LogP contribution in [0.25, 0.3) is 0 Å². The summed E-state index contributed by atoms with van der Waals surface area (Å²) < 4.78 is 0. The Labute approximate surface area is 181 Å². The highest BCUT2D eigenvalue weighted by atomic mass is 16.2. The van der Waals surface area contributed by atoms with Gasteiger partial charge in [0.1, 0.15) is 0 Å². The first kappa shape index (κ1) is 21.8. The number of rotatable bonds is 6. The zero-order valence-electron chi connectivity index (χ0n) is 17.5. The maximum absolute atomic E-state index is 12.7. The number of carbonyl (C=O) groups is 3. The Kier molecular flexibility index (Phi) is 7.17. The summed E-state index contributed by atoms with van der Waals surface area (Å²) in [5.74, 6) is -1.94. The van der Waals surface area contributed by atoms with Gasteiger partial charge in [-0.05, 0) is 42.7 Å². The van der Waals surface area contributed by atoms with E-state index in [1.165, 1.54) is 0 Å². The van der Waals surface area contributed by atoms with Crippen LogP contribution in [-0.2, 0) is 16.1 Å². The van der Waals surface area contributed by atoms with Gasteiger partial charge in [-0.3, -0.25) is 14.4 Å². The standard InChI is InChI=1S/C25H25N3O3/c1-17-10-6-7-13-20(17)16-26-23(29)21-14-8-9-15-22(21)28-25(31)24(30)27-18(2)19-11-4-3-5-12-19/h3-15,18H,16H2,1-2H3,(H,26,29)(H,27,30)(H,28,31)/t18-/m0/s1. The van der Waals surface area contributed by atoms with Crippen molar-refractivity contribution in [1.82, 2.24) is 10.6 Å². The third-order valence-electron chi connectivity index (χ3n) is 4.97. The van der Waals surface area contributed by atoms with Gasteiger partial charge in [-0.1, -0.05) is 66.7 Å². The normalized spacial score (nSPS) is 11.3. The van der Waals surface area contributed by atoms with Crippen molar-refractivity contribution in [3.8, 4) is 0 Å². The van der Waals surface area contributed by atoms with Crippen LogP contribution < -0.4 is 16.0 Å². The lowest BCUT2D eigenvalue weighted by atomic mass is 10.1. The van der Waals surface area contributed by atoms with E-state index in [4.69, 9.17) is 0 Å². The van der Waals surface area contributed by atoms with E-state index in [9.17, 15) is 14.4 Å². The number of hydrogen-bond acceptors (Lipinski definition) is 3. The van der Waals surface area contributed by atoms with Crippen LogP contribution in [0.15, 0.2) is 78.9 Å². The number of anilines is 1. The Morgan fingerprint density at radius 1 is 0.806 bits per heavy atom. The van der Waals surface area contributed by atoms with Crippen molar-refractivity contribution in [2.45, 2.75) is 26.4 Å². The van der Waals surface area contributed by atoms with E-state index in [1.54, 1.807) is 31.2 Å². The van der Waals surface area contributed by atoms with Gasteiger partial charge < -0.3 is 16.0 Å². The van der Waals surface area contributed by atoms with Gasteiger partial charge in [0.05, 0.1) is 17.3 Å². The van der Waals surface area contributed by atoms with E-state index in [0.29, 0.717) is 6.54 Å². The van der Waals surface area contributed by atoms with E-state index in [2.05, 4.69) is 16.0 Å². The zero-order valence-corrected chi connectivity index (χ0v) is 17.5. The van der Waals surface area contributed by atoms with Crippen LogP contribution in [0.2, 0.25) is 0 Å². The molecule has 0 saturated carbocycles. The smallest absolute Gasteiger partial charge is 0.313 e. The van der Waals surface area contributed by atoms with Gasteiger partial charge in [0.2, 0.25) is 0 Å². The average Bonchev–Trinajstić information content (AvgIpc) is 2.79. The van der Waals surface area contributed by atoms with Crippen molar-refractivity contribution in [3.05, 3.63) is 101 Å². The second-order valence-electron chi connectivity index (χ2n) is 7.21. The summed E-state index contributed by atoms with van der Waals surface area (Å²) in [5, 5.41) is 8.07. The van der Waals surface area contributed by atoms with E-state index < -0.39 is 11.8 Å². The molecule has 0 spiro atoms. The number of benzene rings is 3. The van der Waals surface area contributed by atoms with Gasteiger partial charge in [-0.2, -0.15) is 0 Å². The highest BCUT2D eigenvalue weighted by Crippen LogP contribution is 2.16. The van der Waals surface area contributed by atoms with Crippen molar-refractivity contribution < 1.29 is 14.4 Å². The summed E-state index contributed by atoms with van der Waals surface area (Å²) in [6.45, 7) is 4.14. The van der Waals surface area contributed by atoms with Crippen LogP contribution in [0, 0.1) is 6.92 Å². The SMILES string of the molecule is Cc1ccccc1CNC(=O)c1ccccc1NC(=O)C(=O)N[C@@H](C)c1ccccc1. The largest absolute Gasteiger partial charge is 0.348 e. The fourth-order valence-electron chi connectivity index (χ4n) is 3.14. The Morgan fingerprint density at radius 2 is 1.45 bits per heavy atom. The highest BCUT2D eigenvalue weighted by molar-refractivity contribution is 6.40. The molecule has 3 rings (SSSR count). The van der Waals surface area contributed by atoms with Crippen LogP contribution >= 0.6 is 0 Å². The molecule has 0 aromatic heterocycles. The average molecular weight is 415 g/mol. The minimum atomic E-state index is -0.832. The van der Waals surface area contributed by atoms with Crippen LogP contribution in [0.3, 0.4) is 0 Å². The van der Waals surface area contributed by atoms with Crippen molar-refractivity contribution >= 4 is 23.4 Å². The molecule has 3 aromatic rings. The van der Waals surface area contributed by atoms with Crippen LogP contribution in [0.5, 0.6) is 0 Å². The van der Waals surface area contributed by atoms with Crippen molar-refractivity contribution in [2.24, 2.45) is 0 Å². The summed E-state index contributed by atoms with van der Waals surface area (Å²) >= 11 is 0. The molecule has 0 fully saturated rings. The molecular weight excluding hydrogens is 390 g/mol. The van der Waals surface area contributed by atoms with Gasteiger partial charge in [-0.25, -0.2) is 0 Å². The van der Waals surface area contributed by atoms with E-state index >= 15 is 0 Å². The lowest BCUT2D eigenvalue weighted by Crippen LogP contribution is -2.37. The Bertz CT molecular complexity index is 1080. The molecule has 0 aliphatic heterocycles. The quantitative estimate of drug-likeness (QED) is 0.536. The van der Waals surface area contributed by atoms with Crippen LogP contribution in [0.1, 0.15) is 40.0 Å². The lowest BCUT2D eigenvalue weighted by Gasteiger charge is -2.15. The molecule has 0 saturated heterocycles. The van der Waals surface area contributed by atoms with Gasteiger partial charge in [0, 0.05) is 6.54 Å². The molecule has 6 heteroatoms. The van der Waals surface area contributed by atoms with Gasteiger partial charge in [0.25, 0.3) is 5.91 Å². The number of amides is 3. The predicted molar refractivity (Wildman–Crippen MR) is 120 cm³/mol. The number of nitrogens with one attached hydrogen (secondary N) is 3. The van der Waals surface area contributed by atoms with Crippen LogP contribution in [-0.4, -0.2) is 17.7 Å². The second kappa shape index (κ2) is 10.2. The highest BCUT2D eigenvalue weighted by Gasteiger charge is 2.20. The Morgan fingerprint density at radius 3 is 2.19 bits per heavy atom. The van der Waals surface area contributed by atoms with Gasteiger partial charge in [0.15, 0.2) is 0 Å². The van der Waals surface area contributed by atoms with Gasteiger partial charge in [-0.15, -0.1) is 0 Å². The first-order chi connectivity index (χ1) is 15.0. The number of aryl methyl sites for hydroxylation is 1. The molecule has 0 heterocycles. The summed E-state index contributed by atoms with van der Waals surface area (Å²) in [6.07, 6.45) is 0. The molecule has 31 heavy (non-hydrogen) atoms. The van der Waals surface area contributed by atoms with E-state index in [1.807, 2.05) is 61.5 Å². The number of carbonyl (C=O) groups excluding carboxylic acids is 3. The molecular formula is C25H25N3O3. The molecule has 6 nitrogen and oxygen atoms in total. The minimum Gasteiger partial charge on any atom is -0.348 e. The van der Waals surface area contributed by atoms with Crippen molar-refractivity contribution in [1.29, 1.82) is 0 Å². The molecule has 0 bridgehead atoms. The number of hydrogen-bond donors (Lipinski definition) is 3. The molecule has 0 aliphatic carbocycles. The maximum atomic E-state index is 12.7. The van der Waals surface area contributed by atoms with Crippen LogP contribution in [0.4, 0.5) is 5.69 Å². The first-order valence-electron chi connectivity index (χ1n) is 10.0. The molecule has 0 unspecified atom stereocenters. The maximum Gasteiger partial charge on any atom is 0.313 e. The topological polar surface area (TPSA) is 87.3 Å². The monoisotopic (exact) mass is 415 g/mol. The number of para-hydroxylation sites is 1. The van der Waals surface area contributed by atoms with E-state index in [0.717, 1.165) is 16.7 Å². The second-order valence-corrected chi connectivity index (χ2v) is 7.21. The molecule has 3 aromatic carbocycles. The Balaban J connectivity index is 1.64. The molecule has 3 amide bonds. The third kappa shape index (κ3) is 5.79. The predicted octanol–water partition coefficient (Wildman–Crippen LogP) is 3.74. The fourth-order valence-corrected chi connectivity index (χ4v) is 3.14. The van der Waals surface area contributed by atoms with E-state index in [-0.39, 0.29) is 23.2 Å². The first-order valence-corrected chi connectivity index (χ1v) is 10.0. The zero-order chi connectivity index (χ0) is 22.2. The molecule has 158 valence electrons. The third-order valence-corrected chi connectivity index (χ3v) is 4.97. The van der Waals surface area contributed by atoms with Crippen molar-refractivity contribution in [3.63, 3.8) is 0 Å². The molecule has 3 N–H and O–H groups in total. The summed E-state index contributed by atoms with van der Waals surface area (Å²) in [4.78, 5) is 37.5. The Hall–Kier alpha value is -3.93. The fraction of sp³-hybridized carbons (Fsp3) is 0.160. The molecule has 0 aliphatic rings.